The molecule has 4 nitrogen and oxygen atoms in total. The molecule has 0 bridgehead atoms. The monoisotopic (exact) mass is 830 g/mol. The maximum Gasteiger partial charge on any atom is 0.124 e. The van der Waals surface area contributed by atoms with Gasteiger partial charge < -0.3 is 0 Å². The fourth-order valence-corrected chi connectivity index (χ4v) is 8.84. The Kier molecular flexibility index (Phi) is 16.6. The normalized spacial score (nSPS) is 10.8. The second-order valence-corrected chi connectivity index (χ2v) is 17.9. The van der Waals surface area contributed by atoms with Crippen molar-refractivity contribution in [3.05, 3.63) is 165 Å². The van der Waals surface area contributed by atoms with Crippen molar-refractivity contribution in [3.8, 4) is 43.0 Å². The molecule has 5 aromatic heterocycles. The van der Waals surface area contributed by atoms with Gasteiger partial charge in [0.15, 0.2) is 0 Å². The third-order valence-electron chi connectivity index (χ3n) is 8.63. The maximum atomic E-state index is 13.0. The smallest absolute Gasteiger partial charge is 0.124 e. The molecule has 0 saturated heterocycles. The van der Waals surface area contributed by atoms with Gasteiger partial charge in [-0.05, 0) is 59.4 Å². The highest BCUT2D eigenvalue weighted by atomic mass is 32.1. The quantitative estimate of drug-likeness (QED) is 0.153. The molecule has 0 aliphatic carbocycles. The summed E-state index contributed by atoms with van der Waals surface area (Å²) in [6.07, 6.45) is 0. The number of aromatic nitrogens is 4. The Morgan fingerprint density at radius 3 is 1.32 bits per heavy atom. The van der Waals surface area contributed by atoms with Crippen molar-refractivity contribution in [2.75, 3.05) is 0 Å². The average Bonchev–Trinajstić information content (AvgIpc) is 4.07. The van der Waals surface area contributed by atoms with Crippen LogP contribution in [0.2, 0.25) is 0 Å². The molecule has 0 spiro atoms. The number of nitrogens with zero attached hydrogens (tertiary/aromatic N) is 4. The summed E-state index contributed by atoms with van der Waals surface area (Å²) >= 11 is 6.73. The summed E-state index contributed by atoms with van der Waals surface area (Å²) in [4.78, 5) is 18.3. The van der Waals surface area contributed by atoms with E-state index in [9.17, 15) is 4.39 Å². The predicted molar refractivity (Wildman–Crippen MR) is 247 cm³/mol. The van der Waals surface area contributed by atoms with Crippen molar-refractivity contribution in [2.45, 2.75) is 79.1 Å². The number of pyridine rings is 1. The first kappa shape index (κ1) is 43.5. The SMILES string of the molecule is CC(C)c1cccc(-c2ccccc2)n1.CC(C)c1csc(-c2cccc(F)c2)n1.CC(C)c1csc(-c2ccccc2)n1.CC(C)c1csc(-c2ccsc2)n1. The molecule has 0 N–H and O–H groups in total. The number of rotatable bonds is 8. The molecule has 0 aliphatic rings. The highest BCUT2D eigenvalue weighted by Gasteiger charge is 2.09. The molecule has 5 heterocycles. The second-order valence-electron chi connectivity index (χ2n) is 14.6. The highest BCUT2D eigenvalue weighted by molar-refractivity contribution is 7.14. The molecular formula is C48H51FN4S4. The van der Waals surface area contributed by atoms with Crippen LogP contribution in [0, 0.1) is 5.82 Å². The van der Waals surface area contributed by atoms with Gasteiger partial charge in [-0.1, -0.05) is 134 Å². The van der Waals surface area contributed by atoms with Gasteiger partial charge in [-0.25, -0.2) is 19.3 Å². The first-order valence-electron chi connectivity index (χ1n) is 19.2. The zero-order valence-electron chi connectivity index (χ0n) is 33.9. The van der Waals surface area contributed by atoms with Gasteiger partial charge in [0, 0.05) is 49.5 Å². The van der Waals surface area contributed by atoms with Gasteiger partial charge >= 0.3 is 0 Å². The van der Waals surface area contributed by atoms with E-state index in [1.54, 1.807) is 51.4 Å². The van der Waals surface area contributed by atoms with Crippen LogP contribution in [0.5, 0.6) is 0 Å². The lowest BCUT2D eigenvalue weighted by Crippen LogP contribution is -1.93. The molecule has 294 valence electrons. The molecule has 0 amide bonds. The van der Waals surface area contributed by atoms with Gasteiger partial charge in [0.25, 0.3) is 0 Å². The fraction of sp³-hybridized carbons (Fsp3) is 0.250. The molecule has 0 unspecified atom stereocenters. The van der Waals surface area contributed by atoms with Crippen molar-refractivity contribution in [3.63, 3.8) is 0 Å². The van der Waals surface area contributed by atoms with Crippen LogP contribution in [0.1, 0.15) is 102 Å². The lowest BCUT2D eigenvalue weighted by molar-refractivity contribution is 0.628. The van der Waals surface area contributed by atoms with E-state index in [1.807, 2.05) is 47.8 Å². The molecule has 0 aliphatic heterocycles. The molecule has 8 rings (SSSR count). The number of hydrogen-bond donors (Lipinski definition) is 0. The van der Waals surface area contributed by atoms with E-state index < -0.39 is 0 Å². The van der Waals surface area contributed by atoms with E-state index in [2.05, 4.69) is 145 Å². The zero-order chi connectivity index (χ0) is 40.7. The van der Waals surface area contributed by atoms with Gasteiger partial charge in [-0.15, -0.1) is 34.0 Å². The lowest BCUT2D eigenvalue weighted by Gasteiger charge is -2.06. The third kappa shape index (κ3) is 13.2. The summed E-state index contributed by atoms with van der Waals surface area (Å²) in [6, 6.07) is 35.5. The van der Waals surface area contributed by atoms with E-state index in [-0.39, 0.29) is 5.82 Å². The van der Waals surface area contributed by atoms with Gasteiger partial charge in [-0.3, -0.25) is 4.98 Å². The van der Waals surface area contributed by atoms with Crippen LogP contribution < -0.4 is 0 Å². The van der Waals surface area contributed by atoms with Crippen LogP contribution in [0.15, 0.2) is 136 Å². The largest absolute Gasteiger partial charge is 0.253 e. The maximum absolute atomic E-state index is 13.0. The molecule has 0 atom stereocenters. The van der Waals surface area contributed by atoms with Crippen LogP contribution in [0.3, 0.4) is 0 Å². The average molecular weight is 831 g/mol. The van der Waals surface area contributed by atoms with Gasteiger partial charge in [0.2, 0.25) is 0 Å². The van der Waals surface area contributed by atoms with Gasteiger partial charge in [0.05, 0.1) is 22.8 Å². The Bertz CT molecular complexity index is 2340. The molecule has 3 aromatic carbocycles. The Balaban J connectivity index is 0.000000145. The third-order valence-corrected chi connectivity index (χ3v) is 12.0. The number of thiophene rings is 1. The zero-order valence-corrected chi connectivity index (χ0v) is 37.2. The summed E-state index contributed by atoms with van der Waals surface area (Å²) in [5.74, 6) is 1.73. The van der Waals surface area contributed by atoms with Crippen molar-refractivity contribution < 1.29 is 4.39 Å². The van der Waals surface area contributed by atoms with Gasteiger partial charge in [0.1, 0.15) is 20.8 Å². The van der Waals surface area contributed by atoms with Crippen LogP contribution in [0.4, 0.5) is 4.39 Å². The van der Waals surface area contributed by atoms with E-state index in [1.165, 1.54) is 40.2 Å². The predicted octanol–water partition coefficient (Wildman–Crippen LogP) is 15.9. The molecular weight excluding hydrogens is 780 g/mol. The Labute approximate surface area is 354 Å². The molecule has 57 heavy (non-hydrogen) atoms. The van der Waals surface area contributed by atoms with Crippen LogP contribution in [0.25, 0.3) is 43.0 Å². The summed E-state index contributed by atoms with van der Waals surface area (Å²) in [5.41, 5.74) is 10.2. The van der Waals surface area contributed by atoms with Crippen molar-refractivity contribution in [1.29, 1.82) is 0 Å². The van der Waals surface area contributed by atoms with E-state index in [0.29, 0.717) is 23.7 Å². The Hall–Kier alpha value is -4.67. The molecule has 0 saturated carbocycles. The van der Waals surface area contributed by atoms with Crippen LogP contribution in [-0.2, 0) is 0 Å². The fourth-order valence-electron chi connectivity index (χ4n) is 5.18. The first-order chi connectivity index (χ1) is 27.5. The number of hydrogen-bond acceptors (Lipinski definition) is 8. The van der Waals surface area contributed by atoms with Crippen molar-refractivity contribution in [2.24, 2.45) is 0 Å². The molecule has 8 aromatic rings. The standard InChI is InChI=1S/C14H15N.C12H12FNS.C12H13NS.C10H11NS2/c1-11(2)13-9-6-10-14(15-13)12-7-4-3-5-8-12;1-8(2)11-7-15-12(14-11)9-4-3-5-10(13)6-9;1-9(2)11-8-14-12(13-11)10-6-4-3-5-7-10;1-7(2)9-6-13-10(11-9)8-3-4-12-5-8/h3-11H,1-2H3;3-8H,1-2H3;3-9H,1-2H3;3-7H,1-2H3. The molecule has 0 fully saturated rings. The molecule has 0 radical (unpaired) electrons. The minimum absolute atomic E-state index is 0.214. The number of halogens is 1. The second kappa shape index (κ2) is 21.7. The number of thiazole rings is 3. The summed E-state index contributed by atoms with van der Waals surface area (Å²) in [7, 11) is 0. The summed E-state index contributed by atoms with van der Waals surface area (Å²) < 4.78 is 13.0. The molecule has 9 heteroatoms. The Morgan fingerprint density at radius 2 is 0.860 bits per heavy atom. The van der Waals surface area contributed by atoms with Crippen molar-refractivity contribution >= 4 is 45.3 Å². The topological polar surface area (TPSA) is 51.6 Å². The summed E-state index contributed by atoms with van der Waals surface area (Å²) in [5, 5.41) is 13.7. The number of benzene rings is 3. The first-order valence-corrected chi connectivity index (χ1v) is 22.8. The minimum atomic E-state index is -0.214. The highest BCUT2D eigenvalue weighted by Crippen LogP contribution is 2.29. The minimum Gasteiger partial charge on any atom is -0.253 e. The van der Waals surface area contributed by atoms with E-state index in [4.69, 9.17) is 0 Å². The van der Waals surface area contributed by atoms with Crippen LogP contribution in [-0.4, -0.2) is 19.9 Å². The van der Waals surface area contributed by atoms with Gasteiger partial charge in [-0.2, -0.15) is 11.3 Å². The van der Waals surface area contributed by atoms with E-state index >= 15 is 0 Å². The van der Waals surface area contributed by atoms with Crippen LogP contribution >= 0.6 is 45.3 Å². The van der Waals surface area contributed by atoms with Crippen molar-refractivity contribution in [1.82, 2.24) is 19.9 Å². The summed E-state index contributed by atoms with van der Waals surface area (Å²) in [6.45, 7) is 17.2. The van der Waals surface area contributed by atoms with E-state index in [0.717, 1.165) is 37.7 Å². The Morgan fingerprint density at radius 1 is 0.404 bits per heavy atom. The lowest BCUT2D eigenvalue weighted by atomic mass is 10.1.